The lowest BCUT2D eigenvalue weighted by Crippen LogP contribution is -2.44. The summed E-state index contributed by atoms with van der Waals surface area (Å²) in [7, 11) is 0.718. The van der Waals surface area contributed by atoms with Gasteiger partial charge in [-0.1, -0.05) is 12.1 Å². The van der Waals surface area contributed by atoms with E-state index in [9.17, 15) is 8.42 Å². The van der Waals surface area contributed by atoms with Gasteiger partial charge in [0.1, 0.15) is 0 Å². The molecule has 0 amide bonds. The van der Waals surface area contributed by atoms with Gasteiger partial charge in [0.2, 0.25) is 10.0 Å². The van der Waals surface area contributed by atoms with Crippen LogP contribution in [0.25, 0.3) is 0 Å². The van der Waals surface area contributed by atoms with Crippen molar-refractivity contribution in [2.45, 2.75) is 29.7 Å². The summed E-state index contributed by atoms with van der Waals surface area (Å²) in [5, 5.41) is 0. The SMILES string of the molecule is CN(C)C1CCN(S(=O)(=O)c2ccc(CCl)cc2)CC1. The molecule has 1 aromatic carbocycles. The molecule has 1 fully saturated rings. The molecule has 2 rings (SSSR count). The maximum Gasteiger partial charge on any atom is 0.243 e. The molecule has 0 aromatic heterocycles. The average Bonchev–Trinajstić information content (AvgIpc) is 2.47. The summed E-state index contributed by atoms with van der Waals surface area (Å²) in [6, 6.07) is 7.30. The van der Waals surface area contributed by atoms with Crippen LogP contribution in [-0.4, -0.2) is 50.8 Å². The maximum absolute atomic E-state index is 12.5. The third kappa shape index (κ3) is 3.34. The highest BCUT2D eigenvalue weighted by Gasteiger charge is 2.29. The number of nitrogens with zero attached hydrogens (tertiary/aromatic N) is 2. The highest BCUT2D eigenvalue weighted by atomic mass is 35.5. The van der Waals surface area contributed by atoms with E-state index in [0.29, 0.717) is 29.9 Å². The van der Waals surface area contributed by atoms with Gasteiger partial charge in [-0.2, -0.15) is 4.31 Å². The number of halogens is 1. The molecule has 0 N–H and O–H groups in total. The van der Waals surface area contributed by atoms with Crippen LogP contribution in [0.1, 0.15) is 18.4 Å². The average molecular weight is 317 g/mol. The van der Waals surface area contributed by atoms with Gasteiger partial charge in [0, 0.05) is 25.0 Å². The van der Waals surface area contributed by atoms with Crippen molar-refractivity contribution in [3.63, 3.8) is 0 Å². The van der Waals surface area contributed by atoms with Gasteiger partial charge < -0.3 is 4.90 Å². The molecule has 0 aliphatic carbocycles. The molecule has 1 aromatic rings. The third-order valence-corrected chi connectivity index (χ3v) is 6.09. The first-order valence-corrected chi connectivity index (χ1v) is 8.74. The van der Waals surface area contributed by atoms with Gasteiger partial charge in [-0.3, -0.25) is 0 Å². The zero-order valence-electron chi connectivity index (χ0n) is 11.9. The van der Waals surface area contributed by atoms with E-state index in [4.69, 9.17) is 11.6 Å². The second-order valence-corrected chi connectivity index (χ2v) is 7.58. The Bertz CT molecular complexity index is 535. The zero-order chi connectivity index (χ0) is 14.8. The van der Waals surface area contributed by atoms with Crippen LogP contribution in [0, 0.1) is 0 Å². The normalized spacial score (nSPS) is 18.6. The quantitative estimate of drug-likeness (QED) is 0.799. The van der Waals surface area contributed by atoms with E-state index in [1.807, 2.05) is 14.1 Å². The Morgan fingerprint density at radius 3 is 2.20 bits per heavy atom. The Kier molecular flexibility index (Phi) is 5.07. The molecule has 20 heavy (non-hydrogen) atoms. The lowest BCUT2D eigenvalue weighted by Gasteiger charge is -2.34. The van der Waals surface area contributed by atoms with Crippen molar-refractivity contribution >= 4 is 21.6 Å². The van der Waals surface area contributed by atoms with Gasteiger partial charge in [-0.05, 0) is 44.6 Å². The number of alkyl halides is 1. The minimum atomic E-state index is -3.36. The van der Waals surface area contributed by atoms with Crippen molar-refractivity contribution in [1.29, 1.82) is 0 Å². The maximum atomic E-state index is 12.5. The molecule has 0 saturated carbocycles. The van der Waals surface area contributed by atoms with Gasteiger partial charge in [0.05, 0.1) is 4.90 Å². The highest BCUT2D eigenvalue weighted by molar-refractivity contribution is 7.89. The van der Waals surface area contributed by atoms with Crippen LogP contribution in [0.4, 0.5) is 0 Å². The summed E-state index contributed by atoms with van der Waals surface area (Å²) in [4.78, 5) is 2.52. The Hall–Kier alpha value is -0.620. The Morgan fingerprint density at radius 1 is 1.20 bits per heavy atom. The lowest BCUT2D eigenvalue weighted by molar-refractivity contribution is 0.196. The fourth-order valence-corrected chi connectivity index (χ4v) is 4.15. The highest BCUT2D eigenvalue weighted by Crippen LogP contribution is 2.22. The molecular weight excluding hydrogens is 296 g/mol. The Morgan fingerprint density at radius 2 is 1.75 bits per heavy atom. The van der Waals surface area contributed by atoms with Crippen molar-refractivity contribution in [1.82, 2.24) is 9.21 Å². The van der Waals surface area contributed by atoms with E-state index in [1.165, 1.54) is 0 Å². The van der Waals surface area contributed by atoms with E-state index >= 15 is 0 Å². The minimum absolute atomic E-state index is 0.356. The topological polar surface area (TPSA) is 40.6 Å². The van der Waals surface area contributed by atoms with Crippen LogP contribution < -0.4 is 0 Å². The Labute approximate surface area is 126 Å². The van der Waals surface area contributed by atoms with Crippen molar-refractivity contribution < 1.29 is 8.42 Å². The number of benzene rings is 1. The molecule has 4 nitrogen and oxygen atoms in total. The zero-order valence-corrected chi connectivity index (χ0v) is 13.5. The molecule has 0 spiro atoms. The summed E-state index contributed by atoms with van der Waals surface area (Å²) in [6.45, 7) is 1.17. The molecule has 112 valence electrons. The Balaban J connectivity index is 2.11. The molecule has 0 unspecified atom stereocenters. The first-order chi connectivity index (χ1) is 9.45. The van der Waals surface area contributed by atoms with E-state index in [-0.39, 0.29) is 0 Å². The largest absolute Gasteiger partial charge is 0.306 e. The summed E-state index contributed by atoms with van der Waals surface area (Å²) in [5.41, 5.74) is 0.928. The molecule has 1 aliphatic rings. The van der Waals surface area contributed by atoms with Crippen LogP contribution in [0.3, 0.4) is 0 Å². The fraction of sp³-hybridized carbons (Fsp3) is 0.571. The molecule has 6 heteroatoms. The predicted molar refractivity (Wildman–Crippen MR) is 81.5 cm³/mol. The van der Waals surface area contributed by atoms with Gasteiger partial charge >= 0.3 is 0 Å². The van der Waals surface area contributed by atoms with Gasteiger partial charge in [-0.15, -0.1) is 11.6 Å². The molecule has 1 heterocycles. The van der Waals surface area contributed by atoms with Gasteiger partial charge in [0.25, 0.3) is 0 Å². The van der Waals surface area contributed by atoms with Gasteiger partial charge in [0.15, 0.2) is 0 Å². The van der Waals surface area contributed by atoms with Crippen LogP contribution in [0.2, 0.25) is 0 Å². The lowest BCUT2D eigenvalue weighted by atomic mass is 10.1. The summed E-state index contributed by atoms with van der Waals surface area (Å²) in [6.07, 6.45) is 1.76. The second-order valence-electron chi connectivity index (χ2n) is 5.38. The third-order valence-electron chi connectivity index (χ3n) is 3.87. The van der Waals surface area contributed by atoms with E-state index in [1.54, 1.807) is 28.6 Å². The fourth-order valence-electron chi connectivity index (χ4n) is 2.50. The first kappa shape index (κ1) is 15.8. The van der Waals surface area contributed by atoms with Crippen molar-refractivity contribution in [3.05, 3.63) is 29.8 Å². The predicted octanol–water partition coefficient (Wildman–Crippen LogP) is 2.14. The number of rotatable bonds is 4. The van der Waals surface area contributed by atoms with E-state index in [2.05, 4.69) is 4.90 Å². The molecule has 0 bridgehead atoms. The van der Waals surface area contributed by atoms with Crippen molar-refractivity contribution in [3.8, 4) is 0 Å². The minimum Gasteiger partial charge on any atom is -0.306 e. The van der Waals surface area contributed by atoms with Crippen LogP contribution in [-0.2, 0) is 15.9 Å². The summed E-state index contributed by atoms with van der Waals surface area (Å²) < 4.78 is 26.7. The first-order valence-electron chi connectivity index (χ1n) is 6.76. The number of hydrogen-bond acceptors (Lipinski definition) is 3. The number of piperidine rings is 1. The number of hydrogen-bond donors (Lipinski definition) is 0. The van der Waals surface area contributed by atoms with Gasteiger partial charge in [-0.25, -0.2) is 8.42 Å². The molecule has 1 aliphatic heterocycles. The standard InChI is InChI=1S/C14H21ClN2O2S/c1-16(2)13-7-9-17(10-8-13)20(18,19)14-5-3-12(11-15)4-6-14/h3-6,13H,7-11H2,1-2H3. The van der Waals surface area contributed by atoms with E-state index in [0.717, 1.165) is 18.4 Å². The number of sulfonamides is 1. The van der Waals surface area contributed by atoms with Crippen LogP contribution >= 0.6 is 11.6 Å². The molecule has 0 atom stereocenters. The second kappa shape index (κ2) is 6.43. The molecular formula is C14H21ClN2O2S. The monoisotopic (exact) mass is 316 g/mol. The van der Waals surface area contributed by atoms with E-state index < -0.39 is 10.0 Å². The summed E-state index contributed by atoms with van der Waals surface area (Å²) in [5.74, 6) is 0.397. The summed E-state index contributed by atoms with van der Waals surface area (Å²) >= 11 is 5.72. The van der Waals surface area contributed by atoms with Crippen molar-refractivity contribution in [2.24, 2.45) is 0 Å². The molecule has 1 saturated heterocycles. The van der Waals surface area contributed by atoms with Crippen molar-refractivity contribution in [2.75, 3.05) is 27.2 Å². The van der Waals surface area contributed by atoms with Crippen LogP contribution in [0.5, 0.6) is 0 Å². The molecule has 0 radical (unpaired) electrons. The van der Waals surface area contributed by atoms with Crippen LogP contribution in [0.15, 0.2) is 29.2 Å². The smallest absolute Gasteiger partial charge is 0.243 e.